The molecule has 3 aromatic rings. The first-order chi connectivity index (χ1) is 13.8. The molecule has 0 spiro atoms. The van der Waals surface area contributed by atoms with Crippen LogP contribution in [0.4, 0.5) is 14.9 Å². The van der Waals surface area contributed by atoms with Gasteiger partial charge in [0.2, 0.25) is 0 Å². The van der Waals surface area contributed by atoms with Crippen molar-refractivity contribution in [3.8, 4) is 5.69 Å². The van der Waals surface area contributed by atoms with Crippen LogP contribution >= 0.6 is 11.8 Å². The number of rotatable bonds is 4. The number of para-hydroxylation sites is 1. The predicted molar refractivity (Wildman–Crippen MR) is 115 cm³/mol. The van der Waals surface area contributed by atoms with Crippen LogP contribution in [0.15, 0.2) is 59.5 Å². The Hall–Kier alpha value is -3.06. The molecule has 0 bridgehead atoms. The number of carbonyl (C=O) groups excluding carboxylic acids is 2. The maximum absolute atomic E-state index is 14.2. The number of nitrogens with zero attached hydrogens (tertiary/aromatic N) is 2. The van der Waals surface area contributed by atoms with E-state index in [1.54, 1.807) is 74.1 Å². The number of hydrogen-bond acceptors (Lipinski definition) is 3. The van der Waals surface area contributed by atoms with Gasteiger partial charge in [-0.15, -0.1) is 0 Å². The van der Waals surface area contributed by atoms with Gasteiger partial charge < -0.3 is 14.8 Å². The molecule has 1 aromatic heterocycles. The van der Waals surface area contributed by atoms with Crippen LogP contribution in [0.1, 0.15) is 21.7 Å². The van der Waals surface area contributed by atoms with Crippen LogP contribution in [-0.2, 0) is 0 Å². The standard InChI is InChI=1S/C22H22FN3O2S/c1-14-13-18(15(2)26(14)20-8-6-5-7-19(20)23)21(27)24-16-9-11-17(12-10-16)29-22(28)25(3)4/h5-13H,1-4H3,(H,24,27). The summed E-state index contributed by atoms with van der Waals surface area (Å²) in [5, 5.41) is 2.79. The molecule has 0 saturated heterocycles. The number of benzene rings is 2. The van der Waals surface area contributed by atoms with E-state index >= 15 is 0 Å². The Bertz CT molecular complexity index is 1060. The Kier molecular flexibility index (Phi) is 6.08. The molecule has 2 amide bonds. The van der Waals surface area contributed by atoms with Gasteiger partial charge >= 0.3 is 0 Å². The van der Waals surface area contributed by atoms with E-state index in [1.807, 2.05) is 6.92 Å². The van der Waals surface area contributed by atoms with Crippen molar-refractivity contribution in [3.63, 3.8) is 0 Å². The number of halogens is 1. The average Bonchev–Trinajstić information content (AvgIpc) is 2.98. The molecule has 29 heavy (non-hydrogen) atoms. The van der Waals surface area contributed by atoms with E-state index < -0.39 is 0 Å². The summed E-state index contributed by atoms with van der Waals surface area (Å²) in [7, 11) is 3.39. The van der Waals surface area contributed by atoms with Crippen LogP contribution < -0.4 is 5.32 Å². The number of anilines is 1. The smallest absolute Gasteiger partial charge is 0.285 e. The van der Waals surface area contributed by atoms with Crippen LogP contribution in [0, 0.1) is 19.7 Å². The second-order valence-corrected chi connectivity index (χ2v) is 7.84. The van der Waals surface area contributed by atoms with E-state index in [-0.39, 0.29) is 17.0 Å². The Balaban J connectivity index is 1.79. The average molecular weight is 412 g/mol. The molecule has 0 aliphatic heterocycles. The van der Waals surface area contributed by atoms with Crippen molar-refractivity contribution in [2.45, 2.75) is 18.7 Å². The van der Waals surface area contributed by atoms with Crippen LogP contribution in [0.2, 0.25) is 0 Å². The summed E-state index contributed by atoms with van der Waals surface area (Å²) in [6.45, 7) is 3.63. The van der Waals surface area contributed by atoms with Crippen molar-refractivity contribution < 1.29 is 14.0 Å². The third kappa shape index (κ3) is 4.51. The highest BCUT2D eigenvalue weighted by atomic mass is 32.2. The highest BCUT2D eigenvalue weighted by Gasteiger charge is 2.18. The summed E-state index contributed by atoms with van der Waals surface area (Å²) >= 11 is 1.12. The van der Waals surface area contributed by atoms with Gasteiger partial charge in [0.1, 0.15) is 5.82 Å². The van der Waals surface area contributed by atoms with Crippen LogP contribution in [0.5, 0.6) is 0 Å². The Morgan fingerprint density at radius 1 is 1.03 bits per heavy atom. The molecule has 0 aliphatic rings. The summed E-state index contributed by atoms with van der Waals surface area (Å²) in [5.74, 6) is -0.618. The molecule has 0 radical (unpaired) electrons. The van der Waals surface area contributed by atoms with Crippen molar-refractivity contribution >= 4 is 28.6 Å². The van der Waals surface area contributed by atoms with Crippen LogP contribution in [0.3, 0.4) is 0 Å². The third-order valence-corrected chi connectivity index (χ3v) is 5.50. The zero-order valence-electron chi connectivity index (χ0n) is 16.7. The second kappa shape index (κ2) is 8.53. The van der Waals surface area contributed by atoms with Gasteiger partial charge in [0.25, 0.3) is 11.1 Å². The zero-order valence-corrected chi connectivity index (χ0v) is 17.5. The molecule has 150 valence electrons. The van der Waals surface area contributed by atoms with Crippen LogP contribution in [-0.4, -0.2) is 34.7 Å². The minimum absolute atomic E-state index is 0.0673. The fourth-order valence-corrected chi connectivity index (χ4v) is 3.65. The molecule has 0 saturated carbocycles. The quantitative estimate of drug-likeness (QED) is 0.596. The molecule has 0 fully saturated rings. The van der Waals surface area contributed by atoms with E-state index in [4.69, 9.17) is 0 Å². The van der Waals surface area contributed by atoms with Crippen molar-refractivity contribution in [3.05, 3.63) is 77.4 Å². The fourth-order valence-electron chi connectivity index (χ4n) is 2.99. The normalized spacial score (nSPS) is 10.7. The number of hydrogen-bond donors (Lipinski definition) is 1. The number of thioether (sulfide) groups is 1. The molecule has 0 aliphatic carbocycles. The van der Waals surface area contributed by atoms with Gasteiger partial charge in [-0.3, -0.25) is 9.59 Å². The molecule has 0 unspecified atom stereocenters. The van der Waals surface area contributed by atoms with Gasteiger partial charge in [0.05, 0.1) is 11.3 Å². The summed E-state index contributed by atoms with van der Waals surface area (Å²) < 4.78 is 16.0. The topological polar surface area (TPSA) is 54.3 Å². The van der Waals surface area contributed by atoms with Crippen molar-refractivity contribution in [2.24, 2.45) is 0 Å². The lowest BCUT2D eigenvalue weighted by atomic mass is 10.2. The first-order valence-corrected chi connectivity index (χ1v) is 9.84. The van der Waals surface area contributed by atoms with Crippen LogP contribution in [0.25, 0.3) is 5.69 Å². The SMILES string of the molecule is Cc1cc(C(=O)Nc2ccc(SC(=O)N(C)C)cc2)c(C)n1-c1ccccc1F. The Morgan fingerprint density at radius 2 is 1.69 bits per heavy atom. The van der Waals surface area contributed by atoms with E-state index in [2.05, 4.69) is 5.32 Å². The number of aromatic nitrogens is 1. The minimum atomic E-state index is -0.346. The molecule has 3 rings (SSSR count). The Labute approximate surface area is 173 Å². The number of aryl methyl sites for hydroxylation is 1. The van der Waals surface area contributed by atoms with Gasteiger partial charge in [-0.2, -0.15) is 0 Å². The highest BCUT2D eigenvalue weighted by molar-refractivity contribution is 8.13. The van der Waals surface area contributed by atoms with Gasteiger partial charge in [-0.1, -0.05) is 12.1 Å². The molecule has 1 N–H and O–H groups in total. The van der Waals surface area contributed by atoms with Gasteiger partial charge in [-0.25, -0.2) is 4.39 Å². The molecule has 7 heteroatoms. The lowest BCUT2D eigenvalue weighted by Crippen LogP contribution is -2.16. The fraction of sp³-hybridized carbons (Fsp3) is 0.182. The molecular weight excluding hydrogens is 389 g/mol. The highest BCUT2D eigenvalue weighted by Crippen LogP contribution is 2.25. The van der Waals surface area contributed by atoms with Crippen molar-refractivity contribution in [2.75, 3.05) is 19.4 Å². The lowest BCUT2D eigenvalue weighted by molar-refractivity contribution is 0.102. The summed E-state index contributed by atoms with van der Waals surface area (Å²) in [6.07, 6.45) is 0. The molecular formula is C22H22FN3O2S. The second-order valence-electron chi connectivity index (χ2n) is 6.81. The minimum Gasteiger partial charge on any atom is -0.339 e. The van der Waals surface area contributed by atoms with Gasteiger partial charge in [0.15, 0.2) is 0 Å². The first kappa shape index (κ1) is 20.7. The molecule has 1 heterocycles. The number of nitrogens with one attached hydrogen (secondary N) is 1. The first-order valence-electron chi connectivity index (χ1n) is 9.02. The number of amides is 2. The third-order valence-electron chi connectivity index (χ3n) is 4.45. The van der Waals surface area contributed by atoms with E-state index in [0.717, 1.165) is 22.4 Å². The van der Waals surface area contributed by atoms with Gasteiger partial charge in [0, 0.05) is 36.1 Å². The summed E-state index contributed by atoms with van der Waals surface area (Å²) in [4.78, 5) is 26.8. The monoisotopic (exact) mass is 411 g/mol. The summed E-state index contributed by atoms with van der Waals surface area (Å²) in [6, 6.07) is 15.3. The largest absolute Gasteiger partial charge is 0.339 e. The van der Waals surface area contributed by atoms with Crippen molar-refractivity contribution in [1.82, 2.24) is 9.47 Å². The number of carbonyl (C=O) groups is 2. The van der Waals surface area contributed by atoms with E-state index in [0.29, 0.717) is 22.6 Å². The lowest BCUT2D eigenvalue weighted by Gasteiger charge is -2.11. The summed E-state index contributed by atoms with van der Waals surface area (Å²) in [5.41, 5.74) is 2.94. The maximum Gasteiger partial charge on any atom is 0.285 e. The molecule has 5 nitrogen and oxygen atoms in total. The zero-order chi connectivity index (χ0) is 21.1. The Morgan fingerprint density at radius 3 is 2.31 bits per heavy atom. The van der Waals surface area contributed by atoms with E-state index in [1.165, 1.54) is 11.0 Å². The maximum atomic E-state index is 14.2. The van der Waals surface area contributed by atoms with Crippen molar-refractivity contribution in [1.29, 1.82) is 0 Å². The van der Waals surface area contributed by atoms with E-state index in [9.17, 15) is 14.0 Å². The molecule has 0 atom stereocenters. The van der Waals surface area contributed by atoms with Gasteiger partial charge in [-0.05, 0) is 68.1 Å². The molecule has 2 aromatic carbocycles. The predicted octanol–water partition coefficient (Wildman–Crippen LogP) is 5.26.